The monoisotopic (exact) mass is 314 g/mol. The summed E-state index contributed by atoms with van der Waals surface area (Å²) >= 11 is 5.49. The van der Waals surface area contributed by atoms with Crippen molar-refractivity contribution in [3.8, 4) is 0 Å². The van der Waals surface area contributed by atoms with Crippen molar-refractivity contribution in [2.24, 2.45) is 11.7 Å². The summed E-state index contributed by atoms with van der Waals surface area (Å²) in [6.45, 7) is 2.00. The molecule has 2 nitrogen and oxygen atoms in total. The van der Waals surface area contributed by atoms with Gasteiger partial charge in [0, 0.05) is 28.5 Å². The molecule has 1 aromatic rings. The second-order valence-electron chi connectivity index (χ2n) is 5.26. The lowest BCUT2D eigenvalue weighted by Crippen LogP contribution is -2.36. The maximum absolute atomic E-state index is 6.04. The molecule has 1 heterocycles. The van der Waals surface area contributed by atoms with Crippen molar-refractivity contribution in [1.82, 2.24) is 4.90 Å². The summed E-state index contributed by atoms with van der Waals surface area (Å²) in [5.74, 6) is 0.948. The minimum atomic E-state index is 0.428. The van der Waals surface area contributed by atoms with Crippen LogP contribution in [-0.2, 0) is 0 Å². The minimum absolute atomic E-state index is 0.428. The molecule has 2 fully saturated rings. The quantitative estimate of drug-likeness (QED) is 0.872. The molecule has 0 bridgehead atoms. The summed E-state index contributed by atoms with van der Waals surface area (Å²) in [6.07, 6.45) is 5.58. The molecule has 3 rings (SSSR count). The molecular weight excluding hydrogens is 296 g/mol. The second kappa shape index (κ2) is 5.00. The van der Waals surface area contributed by atoms with E-state index in [-0.39, 0.29) is 0 Å². The summed E-state index contributed by atoms with van der Waals surface area (Å²) in [5.41, 5.74) is 6.04. The van der Waals surface area contributed by atoms with Crippen LogP contribution < -0.4 is 5.73 Å². The Kier molecular flexibility index (Phi) is 3.57. The van der Waals surface area contributed by atoms with E-state index < -0.39 is 0 Å². The number of nitrogens with two attached hydrogens (primary N) is 1. The molecule has 0 radical (unpaired) electrons. The Morgan fingerprint density at radius 3 is 2.65 bits per heavy atom. The molecule has 0 aromatic carbocycles. The van der Waals surface area contributed by atoms with E-state index in [1.54, 1.807) is 0 Å². The van der Waals surface area contributed by atoms with Crippen molar-refractivity contribution in [2.75, 3.05) is 13.1 Å². The fraction of sp³-hybridized carbons (Fsp3) is 0.692. The molecule has 0 aliphatic heterocycles. The molecule has 1 aromatic heterocycles. The third kappa shape index (κ3) is 2.75. The van der Waals surface area contributed by atoms with Crippen molar-refractivity contribution in [2.45, 2.75) is 37.8 Å². The van der Waals surface area contributed by atoms with Crippen LogP contribution in [0.1, 0.15) is 36.6 Å². The molecule has 1 unspecified atom stereocenters. The normalized spacial score (nSPS) is 22.1. The van der Waals surface area contributed by atoms with Gasteiger partial charge in [-0.25, -0.2) is 0 Å². The van der Waals surface area contributed by atoms with Crippen LogP contribution in [-0.4, -0.2) is 24.0 Å². The fourth-order valence-corrected chi connectivity index (χ4v) is 4.24. The number of thiophene rings is 1. The van der Waals surface area contributed by atoms with Crippen molar-refractivity contribution in [1.29, 1.82) is 0 Å². The van der Waals surface area contributed by atoms with Gasteiger partial charge in [0.2, 0.25) is 0 Å². The van der Waals surface area contributed by atoms with Crippen LogP contribution >= 0.6 is 27.3 Å². The zero-order chi connectivity index (χ0) is 11.8. The van der Waals surface area contributed by atoms with E-state index in [9.17, 15) is 0 Å². The molecule has 1 atom stereocenters. The predicted octanol–water partition coefficient (Wildman–Crippen LogP) is 3.38. The Balaban J connectivity index is 1.78. The summed E-state index contributed by atoms with van der Waals surface area (Å²) in [5, 5.41) is 2.16. The van der Waals surface area contributed by atoms with Gasteiger partial charge >= 0.3 is 0 Å². The van der Waals surface area contributed by atoms with Crippen molar-refractivity contribution < 1.29 is 0 Å². The van der Waals surface area contributed by atoms with Gasteiger partial charge in [-0.1, -0.05) is 0 Å². The van der Waals surface area contributed by atoms with Gasteiger partial charge < -0.3 is 5.73 Å². The van der Waals surface area contributed by atoms with Gasteiger partial charge in [0.1, 0.15) is 0 Å². The molecule has 17 heavy (non-hydrogen) atoms. The van der Waals surface area contributed by atoms with Gasteiger partial charge in [-0.05, 0) is 59.0 Å². The number of nitrogens with zero attached hydrogens (tertiary/aromatic N) is 1. The number of halogens is 1. The Morgan fingerprint density at radius 2 is 2.18 bits per heavy atom. The zero-order valence-electron chi connectivity index (χ0n) is 9.94. The van der Waals surface area contributed by atoms with E-state index in [0.29, 0.717) is 6.04 Å². The fourth-order valence-electron chi connectivity index (χ4n) is 2.47. The molecule has 2 saturated carbocycles. The molecule has 0 amide bonds. The molecule has 2 aliphatic rings. The lowest BCUT2D eigenvalue weighted by Gasteiger charge is -2.30. The highest BCUT2D eigenvalue weighted by Gasteiger charge is 2.38. The number of hydrogen-bond acceptors (Lipinski definition) is 3. The van der Waals surface area contributed by atoms with Gasteiger partial charge in [-0.2, -0.15) is 0 Å². The van der Waals surface area contributed by atoms with Gasteiger partial charge in [-0.15, -0.1) is 11.3 Å². The lowest BCUT2D eigenvalue weighted by molar-refractivity contribution is 0.185. The third-order valence-corrected chi connectivity index (χ3v) is 5.72. The topological polar surface area (TPSA) is 29.3 Å². The van der Waals surface area contributed by atoms with E-state index in [1.165, 1.54) is 41.6 Å². The highest BCUT2D eigenvalue weighted by Crippen LogP contribution is 2.41. The first-order valence-electron chi connectivity index (χ1n) is 6.48. The first-order valence-corrected chi connectivity index (χ1v) is 8.15. The van der Waals surface area contributed by atoms with E-state index in [2.05, 4.69) is 32.3 Å². The van der Waals surface area contributed by atoms with E-state index in [4.69, 9.17) is 5.73 Å². The van der Waals surface area contributed by atoms with Gasteiger partial charge in [-0.3, -0.25) is 4.90 Å². The summed E-state index contributed by atoms with van der Waals surface area (Å²) < 4.78 is 1.24. The molecule has 0 saturated heterocycles. The molecule has 2 N–H and O–H groups in total. The summed E-state index contributed by atoms with van der Waals surface area (Å²) in [6, 6.07) is 3.38. The summed E-state index contributed by atoms with van der Waals surface area (Å²) in [7, 11) is 0. The maximum atomic E-state index is 6.04. The van der Waals surface area contributed by atoms with Crippen LogP contribution in [0.15, 0.2) is 15.9 Å². The molecular formula is C13H19BrN2S. The highest BCUT2D eigenvalue weighted by molar-refractivity contribution is 9.10. The van der Waals surface area contributed by atoms with Crippen LogP contribution in [0.5, 0.6) is 0 Å². The van der Waals surface area contributed by atoms with E-state index in [1.807, 2.05) is 11.3 Å². The second-order valence-corrected chi connectivity index (χ2v) is 7.06. The SMILES string of the molecule is NCC(c1sccc1Br)N(CC1CC1)C1CC1. The molecule has 94 valence electrons. The molecule has 4 heteroatoms. The van der Waals surface area contributed by atoms with Crippen LogP contribution in [0.4, 0.5) is 0 Å². The zero-order valence-corrected chi connectivity index (χ0v) is 12.3. The predicted molar refractivity (Wildman–Crippen MR) is 76.3 cm³/mol. The third-order valence-electron chi connectivity index (χ3n) is 3.75. The Hall–Kier alpha value is 0.1000. The Labute approximate surface area is 115 Å². The molecule has 2 aliphatic carbocycles. The van der Waals surface area contributed by atoms with E-state index in [0.717, 1.165) is 18.5 Å². The van der Waals surface area contributed by atoms with Gasteiger partial charge in [0.25, 0.3) is 0 Å². The number of rotatable bonds is 6. The van der Waals surface area contributed by atoms with E-state index >= 15 is 0 Å². The lowest BCUT2D eigenvalue weighted by atomic mass is 10.2. The van der Waals surface area contributed by atoms with Crippen molar-refractivity contribution >= 4 is 27.3 Å². The number of hydrogen-bond donors (Lipinski definition) is 1. The highest BCUT2D eigenvalue weighted by atomic mass is 79.9. The van der Waals surface area contributed by atoms with Crippen molar-refractivity contribution in [3.05, 3.63) is 20.8 Å². The maximum Gasteiger partial charge on any atom is 0.0578 e. The largest absolute Gasteiger partial charge is 0.329 e. The first-order chi connectivity index (χ1) is 8.29. The first kappa shape index (κ1) is 12.2. The van der Waals surface area contributed by atoms with Crippen LogP contribution in [0.3, 0.4) is 0 Å². The smallest absolute Gasteiger partial charge is 0.0578 e. The Bertz CT molecular complexity index is 385. The minimum Gasteiger partial charge on any atom is -0.329 e. The molecule has 0 spiro atoms. The standard InChI is InChI=1S/C13H19BrN2S/c14-11-5-6-17-13(11)12(7-15)16(10-3-4-10)8-9-1-2-9/h5-6,9-10,12H,1-4,7-8,15H2. The van der Waals surface area contributed by atoms with Gasteiger partial charge in [0.15, 0.2) is 0 Å². The average molecular weight is 315 g/mol. The summed E-state index contributed by atoms with van der Waals surface area (Å²) in [4.78, 5) is 4.09. The van der Waals surface area contributed by atoms with Crippen molar-refractivity contribution in [3.63, 3.8) is 0 Å². The average Bonchev–Trinajstić information content (AvgIpc) is 3.21. The van der Waals surface area contributed by atoms with Crippen LogP contribution in [0, 0.1) is 5.92 Å². The van der Waals surface area contributed by atoms with Crippen LogP contribution in [0.25, 0.3) is 0 Å². The Morgan fingerprint density at radius 1 is 1.41 bits per heavy atom. The van der Waals surface area contributed by atoms with Gasteiger partial charge in [0.05, 0.1) is 6.04 Å². The van der Waals surface area contributed by atoms with Crippen LogP contribution in [0.2, 0.25) is 0 Å².